The molecule has 0 aromatic heterocycles. The van der Waals surface area contributed by atoms with Crippen molar-refractivity contribution in [3.8, 4) is 0 Å². The molecule has 3 amide bonds. The maximum absolute atomic E-state index is 11.2. The first kappa shape index (κ1) is 13.7. The van der Waals surface area contributed by atoms with Gasteiger partial charge in [0.05, 0.1) is 6.54 Å². The number of carbonyl (C=O) groups excluding carboxylic acids is 4. The number of amides is 3. The van der Waals surface area contributed by atoms with E-state index in [0.717, 1.165) is 6.08 Å². The fourth-order valence-electron chi connectivity index (χ4n) is 1.14. The molecular formula is C10H12N2O6. The van der Waals surface area contributed by atoms with E-state index in [-0.39, 0.29) is 26.0 Å². The highest BCUT2D eigenvalue weighted by Crippen LogP contribution is 2.11. The van der Waals surface area contributed by atoms with Gasteiger partial charge in [0.25, 0.3) is 11.8 Å². The Hall–Kier alpha value is -2.38. The molecule has 1 aliphatic heterocycles. The molecule has 1 rings (SSSR count). The SMILES string of the molecule is C=CC(=O)OCCNC(=O)ON1C(=O)CCC1=O. The van der Waals surface area contributed by atoms with E-state index < -0.39 is 23.9 Å². The average molecular weight is 256 g/mol. The maximum atomic E-state index is 11.2. The van der Waals surface area contributed by atoms with Crippen LogP contribution < -0.4 is 5.32 Å². The second-order valence-corrected chi connectivity index (χ2v) is 3.26. The van der Waals surface area contributed by atoms with Crippen molar-refractivity contribution in [1.82, 2.24) is 10.4 Å². The summed E-state index contributed by atoms with van der Waals surface area (Å²) >= 11 is 0. The summed E-state index contributed by atoms with van der Waals surface area (Å²) in [4.78, 5) is 48.5. The molecule has 18 heavy (non-hydrogen) atoms. The van der Waals surface area contributed by atoms with Crippen LogP contribution in [0.4, 0.5) is 4.79 Å². The second kappa shape index (κ2) is 6.38. The lowest BCUT2D eigenvalue weighted by Crippen LogP contribution is -2.38. The van der Waals surface area contributed by atoms with Gasteiger partial charge < -0.3 is 14.9 Å². The Labute approximate surface area is 102 Å². The Morgan fingerprint density at radius 3 is 2.50 bits per heavy atom. The van der Waals surface area contributed by atoms with E-state index in [1.165, 1.54) is 0 Å². The van der Waals surface area contributed by atoms with Gasteiger partial charge in [-0.1, -0.05) is 6.58 Å². The fourth-order valence-corrected chi connectivity index (χ4v) is 1.14. The van der Waals surface area contributed by atoms with Crippen LogP contribution in [0.2, 0.25) is 0 Å². The number of carbonyl (C=O) groups is 4. The molecule has 1 aliphatic rings. The first-order valence-electron chi connectivity index (χ1n) is 5.15. The van der Waals surface area contributed by atoms with Gasteiger partial charge in [-0.15, -0.1) is 5.06 Å². The van der Waals surface area contributed by atoms with Crippen molar-refractivity contribution < 1.29 is 28.8 Å². The maximum Gasteiger partial charge on any atom is 0.432 e. The second-order valence-electron chi connectivity index (χ2n) is 3.26. The standard InChI is InChI=1S/C10H12N2O6/c1-2-9(15)17-6-5-11-10(16)18-12-7(13)3-4-8(12)14/h2H,1,3-6H2,(H,11,16). The summed E-state index contributed by atoms with van der Waals surface area (Å²) in [7, 11) is 0. The van der Waals surface area contributed by atoms with Crippen LogP contribution >= 0.6 is 0 Å². The minimum absolute atomic E-state index is 0.00532. The molecular weight excluding hydrogens is 244 g/mol. The third-order valence-corrected chi connectivity index (χ3v) is 1.96. The lowest BCUT2D eigenvalue weighted by atomic mass is 10.4. The van der Waals surface area contributed by atoms with Gasteiger partial charge in [0, 0.05) is 18.9 Å². The number of esters is 1. The molecule has 1 fully saturated rings. The van der Waals surface area contributed by atoms with Crippen LogP contribution in [0.15, 0.2) is 12.7 Å². The van der Waals surface area contributed by atoms with Crippen molar-refractivity contribution in [2.24, 2.45) is 0 Å². The molecule has 0 spiro atoms. The lowest BCUT2D eigenvalue weighted by Gasteiger charge is -2.12. The predicted octanol–water partition coefficient (Wildman–Crippen LogP) is -0.494. The van der Waals surface area contributed by atoms with Gasteiger partial charge in [-0.3, -0.25) is 9.59 Å². The van der Waals surface area contributed by atoms with Gasteiger partial charge in [-0.2, -0.15) is 0 Å². The molecule has 8 nitrogen and oxygen atoms in total. The van der Waals surface area contributed by atoms with Crippen molar-refractivity contribution in [2.45, 2.75) is 12.8 Å². The molecule has 0 aromatic rings. The van der Waals surface area contributed by atoms with Crippen LogP contribution in [0, 0.1) is 0 Å². The molecule has 0 saturated carbocycles. The molecule has 0 aromatic carbocycles. The summed E-state index contributed by atoms with van der Waals surface area (Å²) in [6.45, 7) is 3.12. The van der Waals surface area contributed by atoms with Crippen molar-refractivity contribution in [1.29, 1.82) is 0 Å². The van der Waals surface area contributed by atoms with Crippen LogP contribution in [-0.4, -0.2) is 42.1 Å². The van der Waals surface area contributed by atoms with Gasteiger partial charge in [-0.25, -0.2) is 9.59 Å². The summed E-state index contributed by atoms with van der Waals surface area (Å²) in [5.74, 6) is -1.74. The van der Waals surface area contributed by atoms with E-state index in [0.29, 0.717) is 5.06 Å². The Morgan fingerprint density at radius 1 is 1.33 bits per heavy atom. The molecule has 0 unspecified atom stereocenters. The van der Waals surface area contributed by atoms with E-state index in [4.69, 9.17) is 0 Å². The van der Waals surface area contributed by atoms with Crippen molar-refractivity contribution in [2.75, 3.05) is 13.2 Å². The Kier molecular flexibility index (Phi) is 4.85. The lowest BCUT2D eigenvalue weighted by molar-refractivity contribution is -0.171. The summed E-state index contributed by atoms with van der Waals surface area (Å²) in [5, 5.41) is 2.63. The van der Waals surface area contributed by atoms with Gasteiger partial charge in [0.15, 0.2) is 0 Å². The van der Waals surface area contributed by atoms with Gasteiger partial charge in [0.1, 0.15) is 6.61 Å². The topological polar surface area (TPSA) is 102 Å². The molecule has 98 valence electrons. The summed E-state index contributed by atoms with van der Waals surface area (Å²) in [5.41, 5.74) is 0. The van der Waals surface area contributed by atoms with Crippen molar-refractivity contribution >= 4 is 23.9 Å². The largest absolute Gasteiger partial charge is 0.461 e. The minimum Gasteiger partial charge on any atom is -0.461 e. The Bertz CT molecular complexity index is 376. The van der Waals surface area contributed by atoms with Gasteiger partial charge >= 0.3 is 12.1 Å². The first-order chi connectivity index (χ1) is 8.54. The fraction of sp³-hybridized carbons (Fsp3) is 0.400. The smallest absolute Gasteiger partial charge is 0.432 e. The highest BCUT2D eigenvalue weighted by Gasteiger charge is 2.32. The number of ether oxygens (including phenoxy) is 1. The Morgan fingerprint density at radius 2 is 1.94 bits per heavy atom. The van der Waals surface area contributed by atoms with Gasteiger partial charge in [-0.05, 0) is 0 Å². The molecule has 0 bridgehead atoms. The number of nitrogens with one attached hydrogen (secondary N) is 1. The normalized spacial score (nSPS) is 14.3. The Balaban J connectivity index is 2.21. The number of hydrogen-bond acceptors (Lipinski definition) is 6. The van der Waals surface area contributed by atoms with E-state index in [1.807, 2.05) is 0 Å². The molecule has 8 heteroatoms. The van der Waals surface area contributed by atoms with Crippen LogP contribution in [0.25, 0.3) is 0 Å². The molecule has 0 atom stereocenters. The molecule has 0 aliphatic carbocycles. The minimum atomic E-state index is -0.965. The summed E-state index contributed by atoms with van der Waals surface area (Å²) in [6, 6.07) is 0. The number of hydroxylamine groups is 2. The molecule has 1 saturated heterocycles. The van der Waals surface area contributed by atoms with Crippen LogP contribution in [0.3, 0.4) is 0 Å². The van der Waals surface area contributed by atoms with Crippen molar-refractivity contribution in [3.63, 3.8) is 0 Å². The first-order valence-corrected chi connectivity index (χ1v) is 5.15. The zero-order valence-electron chi connectivity index (χ0n) is 9.51. The summed E-state index contributed by atoms with van der Waals surface area (Å²) < 4.78 is 4.58. The van der Waals surface area contributed by atoms with E-state index in [2.05, 4.69) is 21.5 Å². The van der Waals surface area contributed by atoms with Crippen LogP contribution in [0.1, 0.15) is 12.8 Å². The zero-order valence-corrected chi connectivity index (χ0v) is 9.51. The molecule has 1 N–H and O–H groups in total. The zero-order chi connectivity index (χ0) is 13.5. The third-order valence-electron chi connectivity index (χ3n) is 1.96. The average Bonchev–Trinajstić information content (AvgIpc) is 2.66. The third kappa shape index (κ3) is 3.89. The molecule has 0 radical (unpaired) electrons. The van der Waals surface area contributed by atoms with Gasteiger partial charge in [0.2, 0.25) is 0 Å². The van der Waals surface area contributed by atoms with Crippen molar-refractivity contribution in [3.05, 3.63) is 12.7 Å². The van der Waals surface area contributed by atoms with Crippen LogP contribution in [0.5, 0.6) is 0 Å². The monoisotopic (exact) mass is 256 g/mol. The van der Waals surface area contributed by atoms with Crippen LogP contribution in [-0.2, 0) is 24.0 Å². The number of nitrogens with zero attached hydrogens (tertiary/aromatic N) is 1. The van der Waals surface area contributed by atoms with E-state index in [1.54, 1.807) is 0 Å². The number of imide groups is 1. The highest BCUT2D eigenvalue weighted by molar-refractivity contribution is 6.01. The number of rotatable bonds is 5. The van der Waals surface area contributed by atoms with E-state index in [9.17, 15) is 19.2 Å². The number of hydrogen-bond donors (Lipinski definition) is 1. The molecule has 1 heterocycles. The predicted molar refractivity (Wildman–Crippen MR) is 56.7 cm³/mol. The highest BCUT2D eigenvalue weighted by atomic mass is 16.7. The summed E-state index contributed by atoms with van der Waals surface area (Å²) in [6.07, 6.45) is 0.0830. The quantitative estimate of drug-likeness (QED) is 0.308. The van der Waals surface area contributed by atoms with E-state index >= 15 is 0 Å².